The summed E-state index contributed by atoms with van der Waals surface area (Å²) in [4.78, 5) is 17.3. The van der Waals surface area contributed by atoms with E-state index in [-0.39, 0.29) is 23.2 Å². The van der Waals surface area contributed by atoms with Crippen molar-refractivity contribution in [1.29, 1.82) is 5.26 Å². The van der Waals surface area contributed by atoms with E-state index in [9.17, 15) is 10.1 Å². The number of nitrogens with zero attached hydrogens (tertiary/aromatic N) is 3. The summed E-state index contributed by atoms with van der Waals surface area (Å²) in [5, 5.41) is 12.1. The van der Waals surface area contributed by atoms with Crippen LogP contribution in [-0.2, 0) is 4.43 Å². The maximum atomic E-state index is 13.6. The molecule has 5 nitrogen and oxygen atoms in total. The van der Waals surface area contributed by atoms with Crippen LogP contribution in [0.25, 0.3) is 0 Å². The van der Waals surface area contributed by atoms with E-state index in [2.05, 4.69) is 75.4 Å². The normalized spacial score (nSPS) is 19.7. The molecule has 2 unspecified atom stereocenters. The second-order valence-electron chi connectivity index (χ2n) is 10.9. The summed E-state index contributed by atoms with van der Waals surface area (Å²) in [6.45, 7) is 9.89. The number of urea groups is 1. The number of fused-ring (bicyclic) bond motifs is 1. The van der Waals surface area contributed by atoms with E-state index in [1.54, 1.807) is 11.0 Å². The van der Waals surface area contributed by atoms with Gasteiger partial charge in [0.25, 0.3) is 8.32 Å². The van der Waals surface area contributed by atoms with Crippen LogP contribution in [0.2, 0.25) is 10.1 Å². The van der Waals surface area contributed by atoms with Crippen molar-refractivity contribution >= 4 is 42.0 Å². The van der Waals surface area contributed by atoms with Gasteiger partial charge in [-0.1, -0.05) is 93.0 Å². The van der Waals surface area contributed by atoms with E-state index in [4.69, 9.17) is 16.0 Å². The number of carbonyl (C=O) groups is 1. The molecule has 0 bridgehead atoms. The summed E-state index contributed by atoms with van der Waals surface area (Å²) in [7, 11) is -2.74. The largest absolute Gasteiger partial charge is 0.402 e. The van der Waals surface area contributed by atoms with E-state index in [0.29, 0.717) is 23.7 Å². The molecule has 5 rings (SSSR count). The third-order valence-corrected chi connectivity index (χ3v) is 13.4. The van der Waals surface area contributed by atoms with Crippen LogP contribution in [0.5, 0.6) is 0 Å². The first-order chi connectivity index (χ1) is 17.7. The van der Waals surface area contributed by atoms with Gasteiger partial charge in [-0.3, -0.25) is 4.90 Å². The molecule has 3 aromatic carbocycles. The molecular weight excluding hydrogens is 498 g/mol. The highest BCUT2D eigenvalue weighted by molar-refractivity contribution is 6.99. The molecule has 0 saturated carbocycles. The molecule has 37 heavy (non-hydrogen) atoms. The Labute approximate surface area is 225 Å². The van der Waals surface area contributed by atoms with Crippen LogP contribution in [0.4, 0.5) is 10.5 Å². The van der Waals surface area contributed by atoms with Gasteiger partial charge in [0, 0.05) is 12.2 Å². The third-order valence-electron chi connectivity index (χ3n) is 7.84. The highest BCUT2D eigenvalue weighted by Gasteiger charge is 2.55. The van der Waals surface area contributed by atoms with Crippen LogP contribution < -0.4 is 15.3 Å². The van der Waals surface area contributed by atoms with Gasteiger partial charge in [-0.2, -0.15) is 5.26 Å². The fourth-order valence-corrected chi connectivity index (χ4v) is 11.0. The van der Waals surface area contributed by atoms with E-state index in [1.165, 1.54) is 10.4 Å². The monoisotopic (exact) mass is 529 g/mol. The first-order valence-corrected chi connectivity index (χ1v) is 15.0. The summed E-state index contributed by atoms with van der Waals surface area (Å²) in [5.41, 5.74) is 1.93. The molecule has 2 saturated heterocycles. The van der Waals surface area contributed by atoms with Gasteiger partial charge < -0.3 is 9.33 Å². The zero-order chi connectivity index (χ0) is 26.4. The highest BCUT2D eigenvalue weighted by Crippen LogP contribution is 2.42. The van der Waals surface area contributed by atoms with Gasteiger partial charge in [-0.15, -0.1) is 0 Å². The van der Waals surface area contributed by atoms with Gasteiger partial charge in [0.2, 0.25) is 0 Å². The van der Waals surface area contributed by atoms with Gasteiger partial charge in [0.15, 0.2) is 0 Å². The first-order valence-electron chi connectivity index (χ1n) is 12.7. The second-order valence-corrected chi connectivity index (χ2v) is 15.6. The van der Waals surface area contributed by atoms with Crippen molar-refractivity contribution in [2.24, 2.45) is 0 Å². The lowest BCUT2D eigenvalue weighted by molar-refractivity contribution is 0.155. The number of amides is 2. The summed E-state index contributed by atoms with van der Waals surface area (Å²) >= 11 is 6.45. The number of benzene rings is 3. The molecule has 190 valence electrons. The summed E-state index contributed by atoms with van der Waals surface area (Å²) < 4.78 is 7.42. The molecule has 2 heterocycles. The van der Waals surface area contributed by atoms with Crippen molar-refractivity contribution in [3.63, 3.8) is 0 Å². The molecule has 2 fully saturated rings. The Bertz CT molecular complexity index is 1310. The second kappa shape index (κ2) is 9.64. The predicted octanol–water partition coefficient (Wildman–Crippen LogP) is 5.48. The van der Waals surface area contributed by atoms with Gasteiger partial charge >= 0.3 is 6.03 Å². The maximum absolute atomic E-state index is 13.6. The lowest BCUT2D eigenvalue weighted by atomic mass is 10.1. The fraction of sp³-hybridized carbons (Fsp3) is 0.333. The SMILES string of the molecule is Cc1c(N2CC3C(O[Si](c4ccccc4)(c4ccccc4)C(C)(C)C)CCN3C2=O)ccc(C#N)c1Cl. The van der Waals surface area contributed by atoms with Gasteiger partial charge in [0.1, 0.15) is 6.07 Å². The van der Waals surface area contributed by atoms with Gasteiger partial charge in [-0.05, 0) is 46.5 Å². The van der Waals surface area contributed by atoms with Crippen molar-refractivity contribution in [3.05, 3.63) is 88.9 Å². The maximum Gasteiger partial charge on any atom is 0.324 e. The number of rotatable bonds is 5. The Morgan fingerprint density at radius 2 is 1.59 bits per heavy atom. The zero-order valence-corrected chi connectivity index (χ0v) is 23.5. The molecule has 2 aliphatic heterocycles. The highest BCUT2D eigenvalue weighted by atomic mass is 35.5. The number of anilines is 1. The van der Waals surface area contributed by atoms with Crippen LogP contribution in [0, 0.1) is 18.3 Å². The Morgan fingerprint density at radius 3 is 2.14 bits per heavy atom. The minimum Gasteiger partial charge on any atom is -0.402 e. The van der Waals surface area contributed by atoms with E-state index in [0.717, 1.165) is 17.7 Å². The van der Waals surface area contributed by atoms with Crippen molar-refractivity contribution in [2.45, 2.75) is 51.3 Å². The summed E-state index contributed by atoms with van der Waals surface area (Å²) in [6, 6.07) is 26.8. The number of carbonyl (C=O) groups excluding carboxylic acids is 1. The standard InChI is InChI=1S/C30H32ClN3O2Si/c1-21-25(16-15-22(19-32)28(21)31)34-20-26-27(17-18-33(26)29(34)35)36-37(30(2,3)4,23-11-7-5-8-12-23)24-13-9-6-10-14-24/h5-16,26-27H,17-18,20H2,1-4H3. The minimum atomic E-state index is -2.74. The Morgan fingerprint density at radius 1 is 1.00 bits per heavy atom. The number of hydrogen-bond donors (Lipinski definition) is 0. The van der Waals surface area contributed by atoms with Crippen LogP contribution in [-0.4, -0.2) is 44.5 Å². The van der Waals surface area contributed by atoms with Crippen molar-refractivity contribution < 1.29 is 9.22 Å². The molecule has 0 aromatic heterocycles. The zero-order valence-electron chi connectivity index (χ0n) is 21.7. The molecule has 2 aliphatic rings. The molecule has 2 amide bonds. The average Bonchev–Trinajstić information content (AvgIpc) is 3.44. The van der Waals surface area contributed by atoms with E-state index < -0.39 is 8.32 Å². The lowest BCUT2D eigenvalue weighted by Gasteiger charge is -2.45. The molecule has 2 atom stereocenters. The summed E-state index contributed by atoms with van der Waals surface area (Å²) in [6.07, 6.45) is 0.719. The lowest BCUT2D eigenvalue weighted by Crippen LogP contribution is -2.68. The first kappa shape index (κ1) is 25.5. The van der Waals surface area contributed by atoms with Gasteiger partial charge in [-0.25, -0.2) is 4.79 Å². The average molecular weight is 530 g/mol. The predicted molar refractivity (Wildman–Crippen MR) is 151 cm³/mol. The van der Waals surface area contributed by atoms with Crippen molar-refractivity contribution in [3.8, 4) is 6.07 Å². The summed E-state index contributed by atoms with van der Waals surface area (Å²) in [5.74, 6) is 0. The molecule has 7 heteroatoms. The molecule has 0 aliphatic carbocycles. The molecule has 0 radical (unpaired) electrons. The van der Waals surface area contributed by atoms with Crippen molar-refractivity contribution in [2.75, 3.05) is 18.0 Å². The van der Waals surface area contributed by atoms with Crippen LogP contribution in [0.3, 0.4) is 0 Å². The fourth-order valence-electron chi connectivity index (χ4n) is 6.01. The Hall–Kier alpha value is -3.11. The minimum absolute atomic E-state index is 0.0255. The third kappa shape index (κ3) is 4.16. The molecule has 3 aromatic rings. The van der Waals surface area contributed by atoms with Crippen LogP contribution >= 0.6 is 11.6 Å². The number of nitriles is 1. The Kier molecular flexibility index (Phi) is 6.65. The quantitative estimate of drug-likeness (QED) is 0.411. The van der Waals surface area contributed by atoms with Crippen LogP contribution in [0.1, 0.15) is 38.3 Å². The molecule has 0 spiro atoms. The molecular formula is C30H32ClN3O2Si. The molecule has 0 N–H and O–H groups in total. The van der Waals surface area contributed by atoms with Crippen molar-refractivity contribution in [1.82, 2.24) is 4.90 Å². The van der Waals surface area contributed by atoms with Crippen LogP contribution in [0.15, 0.2) is 72.8 Å². The number of hydrogen-bond acceptors (Lipinski definition) is 3. The van der Waals surface area contributed by atoms with E-state index >= 15 is 0 Å². The topological polar surface area (TPSA) is 56.6 Å². The van der Waals surface area contributed by atoms with E-state index in [1.807, 2.05) is 30.0 Å². The Balaban J connectivity index is 1.53. The van der Waals surface area contributed by atoms with Gasteiger partial charge in [0.05, 0.1) is 29.3 Å². The number of halogens is 1. The smallest absolute Gasteiger partial charge is 0.324 e.